The topological polar surface area (TPSA) is 43.8 Å². The van der Waals surface area contributed by atoms with Crippen LogP contribution in [0.25, 0.3) is 10.8 Å². The molecule has 4 aromatic rings. The second kappa shape index (κ2) is 8.21. The SMILES string of the molecule is CN1C(=O)C(Cc2ccc3ccccc3c2)CN(c2ccc(O)cc2)c2cc(Cl)ccc21. The summed E-state index contributed by atoms with van der Waals surface area (Å²) in [6.07, 6.45) is 0.629. The Morgan fingerprint density at radius 2 is 1.66 bits per heavy atom. The number of carbonyl (C=O) groups is 1. The fourth-order valence-corrected chi connectivity index (χ4v) is 4.63. The fourth-order valence-electron chi connectivity index (χ4n) is 4.47. The second-order valence-electron chi connectivity index (χ2n) is 8.24. The number of carbonyl (C=O) groups excluding carboxylic acids is 1. The zero-order valence-corrected chi connectivity index (χ0v) is 18.5. The zero-order chi connectivity index (χ0) is 22.2. The molecule has 0 radical (unpaired) electrons. The molecule has 0 saturated carbocycles. The highest BCUT2D eigenvalue weighted by Gasteiger charge is 2.32. The average molecular weight is 443 g/mol. The molecule has 1 aliphatic heterocycles. The number of amides is 1. The van der Waals surface area contributed by atoms with Gasteiger partial charge in [-0.05, 0) is 65.2 Å². The molecular formula is C27H23ClN2O2. The van der Waals surface area contributed by atoms with Crippen LogP contribution in [0.3, 0.4) is 0 Å². The zero-order valence-electron chi connectivity index (χ0n) is 17.7. The Morgan fingerprint density at radius 1 is 0.906 bits per heavy atom. The third-order valence-corrected chi connectivity index (χ3v) is 6.36. The van der Waals surface area contributed by atoms with E-state index < -0.39 is 0 Å². The first-order valence-corrected chi connectivity index (χ1v) is 11.0. The Hall–Kier alpha value is -3.50. The molecule has 1 heterocycles. The third-order valence-electron chi connectivity index (χ3n) is 6.13. The molecule has 1 aliphatic rings. The number of halogens is 1. The number of fused-ring (bicyclic) bond motifs is 2. The van der Waals surface area contributed by atoms with Gasteiger partial charge in [0.25, 0.3) is 0 Å². The molecule has 4 nitrogen and oxygen atoms in total. The minimum atomic E-state index is -0.249. The van der Waals surface area contributed by atoms with Gasteiger partial charge in [-0.3, -0.25) is 4.79 Å². The summed E-state index contributed by atoms with van der Waals surface area (Å²) >= 11 is 6.34. The van der Waals surface area contributed by atoms with E-state index in [1.165, 1.54) is 10.8 Å². The summed E-state index contributed by atoms with van der Waals surface area (Å²) in [4.78, 5) is 17.4. The summed E-state index contributed by atoms with van der Waals surface area (Å²) in [6.45, 7) is 0.508. The normalized spacial score (nSPS) is 16.2. The van der Waals surface area contributed by atoms with Crippen LogP contribution in [0.1, 0.15) is 5.56 Å². The second-order valence-corrected chi connectivity index (χ2v) is 8.68. The summed E-state index contributed by atoms with van der Waals surface area (Å²) in [5.41, 5.74) is 3.72. The van der Waals surface area contributed by atoms with Crippen molar-refractivity contribution in [2.45, 2.75) is 6.42 Å². The number of hydrogen-bond acceptors (Lipinski definition) is 3. The lowest BCUT2D eigenvalue weighted by Gasteiger charge is -2.27. The minimum Gasteiger partial charge on any atom is -0.508 e. The number of phenols is 1. The van der Waals surface area contributed by atoms with Gasteiger partial charge in [0.05, 0.1) is 17.3 Å². The van der Waals surface area contributed by atoms with Gasteiger partial charge >= 0.3 is 0 Å². The van der Waals surface area contributed by atoms with Gasteiger partial charge in [0.15, 0.2) is 0 Å². The Bertz CT molecular complexity index is 1300. The summed E-state index contributed by atoms with van der Waals surface area (Å²) in [6, 6.07) is 27.3. The lowest BCUT2D eigenvalue weighted by atomic mass is 9.95. The van der Waals surface area contributed by atoms with Crippen LogP contribution in [0.15, 0.2) is 84.9 Å². The number of phenolic OH excluding ortho intramolecular Hbond substituents is 1. The molecule has 0 aliphatic carbocycles. The highest BCUT2D eigenvalue weighted by Crippen LogP contribution is 2.40. The molecule has 4 aromatic carbocycles. The lowest BCUT2D eigenvalue weighted by Crippen LogP contribution is -2.36. The lowest BCUT2D eigenvalue weighted by molar-refractivity contribution is -0.121. The molecule has 1 amide bonds. The number of aromatic hydroxyl groups is 1. The van der Waals surface area contributed by atoms with Crippen molar-refractivity contribution in [3.05, 3.63) is 95.5 Å². The summed E-state index contributed by atoms with van der Waals surface area (Å²) in [7, 11) is 1.82. The Labute approximate surface area is 192 Å². The maximum absolute atomic E-state index is 13.5. The van der Waals surface area contributed by atoms with Crippen LogP contribution in [0.4, 0.5) is 17.1 Å². The monoisotopic (exact) mass is 442 g/mol. The van der Waals surface area contributed by atoms with E-state index in [2.05, 4.69) is 35.2 Å². The molecule has 0 aromatic heterocycles. The van der Waals surface area contributed by atoms with Gasteiger partial charge in [-0.25, -0.2) is 0 Å². The van der Waals surface area contributed by atoms with Crippen LogP contribution in [-0.2, 0) is 11.2 Å². The first-order chi connectivity index (χ1) is 15.5. The van der Waals surface area contributed by atoms with E-state index in [-0.39, 0.29) is 17.6 Å². The predicted octanol–water partition coefficient (Wildman–Crippen LogP) is 6.17. The molecule has 1 N–H and O–H groups in total. The molecule has 0 spiro atoms. The maximum atomic E-state index is 13.5. The van der Waals surface area contributed by atoms with E-state index in [1.807, 2.05) is 49.5 Å². The van der Waals surface area contributed by atoms with E-state index >= 15 is 0 Å². The standard InChI is InChI=1S/C27H23ClN2O2/c1-29-25-13-8-22(28)16-26(25)30(23-9-11-24(31)12-10-23)17-21(27(29)32)15-18-6-7-19-4-2-3-5-20(19)14-18/h2-14,16,21,31H,15,17H2,1H3. The average Bonchev–Trinajstić information content (AvgIpc) is 2.90. The van der Waals surface area contributed by atoms with Crippen LogP contribution in [-0.4, -0.2) is 24.6 Å². The number of hydrogen-bond donors (Lipinski definition) is 1. The van der Waals surface area contributed by atoms with E-state index in [1.54, 1.807) is 17.0 Å². The van der Waals surface area contributed by atoms with Gasteiger partial charge in [-0.1, -0.05) is 54.1 Å². The highest BCUT2D eigenvalue weighted by atomic mass is 35.5. The molecule has 1 atom stereocenters. The van der Waals surface area contributed by atoms with Crippen LogP contribution in [0, 0.1) is 5.92 Å². The molecule has 0 bridgehead atoms. The minimum absolute atomic E-state index is 0.0722. The highest BCUT2D eigenvalue weighted by molar-refractivity contribution is 6.31. The summed E-state index contributed by atoms with van der Waals surface area (Å²) in [5, 5.41) is 12.7. The molecule has 5 rings (SSSR count). The predicted molar refractivity (Wildman–Crippen MR) is 131 cm³/mol. The van der Waals surface area contributed by atoms with Crippen molar-refractivity contribution < 1.29 is 9.90 Å². The van der Waals surface area contributed by atoms with Crippen LogP contribution < -0.4 is 9.80 Å². The Kier molecular flexibility index (Phi) is 5.24. The number of nitrogens with zero attached hydrogens (tertiary/aromatic N) is 2. The van der Waals surface area contributed by atoms with Gasteiger partial charge in [0.2, 0.25) is 5.91 Å². The number of benzene rings is 4. The molecule has 5 heteroatoms. The van der Waals surface area contributed by atoms with Crippen molar-refractivity contribution in [2.24, 2.45) is 5.92 Å². The molecule has 0 fully saturated rings. The Morgan fingerprint density at radius 3 is 2.44 bits per heavy atom. The van der Waals surface area contributed by atoms with E-state index in [0.29, 0.717) is 18.0 Å². The van der Waals surface area contributed by atoms with E-state index in [0.717, 1.165) is 22.6 Å². The first-order valence-electron chi connectivity index (χ1n) is 10.6. The fraction of sp³-hybridized carbons (Fsp3) is 0.148. The largest absolute Gasteiger partial charge is 0.508 e. The van der Waals surface area contributed by atoms with Crippen molar-refractivity contribution >= 4 is 45.3 Å². The van der Waals surface area contributed by atoms with Gasteiger partial charge < -0.3 is 14.9 Å². The van der Waals surface area contributed by atoms with Gasteiger partial charge in [-0.15, -0.1) is 0 Å². The molecule has 160 valence electrons. The van der Waals surface area contributed by atoms with E-state index in [4.69, 9.17) is 11.6 Å². The Balaban J connectivity index is 1.56. The number of rotatable bonds is 3. The van der Waals surface area contributed by atoms with Crippen molar-refractivity contribution in [1.82, 2.24) is 0 Å². The van der Waals surface area contributed by atoms with E-state index in [9.17, 15) is 9.90 Å². The number of anilines is 3. The molecule has 1 unspecified atom stereocenters. The van der Waals surface area contributed by atoms with Crippen LogP contribution in [0.5, 0.6) is 5.75 Å². The van der Waals surface area contributed by atoms with Crippen LogP contribution >= 0.6 is 11.6 Å². The molecule has 32 heavy (non-hydrogen) atoms. The van der Waals surface area contributed by atoms with Crippen LogP contribution in [0.2, 0.25) is 5.02 Å². The quantitative estimate of drug-likeness (QED) is 0.412. The third kappa shape index (κ3) is 3.78. The molecular weight excluding hydrogens is 420 g/mol. The van der Waals surface area contributed by atoms with Crippen molar-refractivity contribution in [3.63, 3.8) is 0 Å². The molecule has 0 saturated heterocycles. The first kappa shape index (κ1) is 20.4. The van der Waals surface area contributed by atoms with Gasteiger partial charge in [0, 0.05) is 24.3 Å². The summed E-state index contributed by atoms with van der Waals surface area (Å²) in [5.74, 6) is 0.0277. The van der Waals surface area contributed by atoms with Gasteiger partial charge in [0.1, 0.15) is 5.75 Å². The smallest absolute Gasteiger partial charge is 0.232 e. The van der Waals surface area contributed by atoms with Crippen molar-refractivity contribution in [2.75, 3.05) is 23.4 Å². The maximum Gasteiger partial charge on any atom is 0.232 e. The van der Waals surface area contributed by atoms with Crippen molar-refractivity contribution in [3.8, 4) is 5.75 Å². The van der Waals surface area contributed by atoms with Gasteiger partial charge in [-0.2, -0.15) is 0 Å². The summed E-state index contributed by atoms with van der Waals surface area (Å²) < 4.78 is 0. The van der Waals surface area contributed by atoms with Crippen molar-refractivity contribution in [1.29, 1.82) is 0 Å².